The summed E-state index contributed by atoms with van der Waals surface area (Å²) in [6.45, 7) is 0. The molecule has 0 aliphatic carbocycles. The summed E-state index contributed by atoms with van der Waals surface area (Å²) < 4.78 is 42.2. The molecule has 0 unspecified atom stereocenters. The first kappa shape index (κ1) is 14.2. The van der Waals surface area contributed by atoms with Crippen molar-refractivity contribution in [3.8, 4) is 0 Å². The van der Waals surface area contributed by atoms with E-state index >= 15 is 0 Å². The predicted molar refractivity (Wildman–Crippen MR) is 67.1 cm³/mol. The van der Waals surface area contributed by atoms with Crippen LogP contribution in [0.1, 0.15) is 17.7 Å². The number of carbonyl (C=O) groups excluding carboxylic acids is 1. The number of aryl methyl sites for hydroxylation is 1. The highest BCUT2D eigenvalue weighted by Crippen LogP contribution is 2.29. The minimum Gasteiger partial charge on any atom is -0.469 e. The summed E-state index contributed by atoms with van der Waals surface area (Å²) in [5.41, 5.74) is -0.409. The van der Waals surface area contributed by atoms with E-state index < -0.39 is 11.7 Å². The molecule has 0 aliphatic rings. The Labute approximate surface area is 113 Å². The van der Waals surface area contributed by atoms with Crippen molar-refractivity contribution in [3.05, 3.63) is 54.0 Å². The van der Waals surface area contributed by atoms with Crippen LogP contribution in [-0.2, 0) is 17.4 Å². The molecule has 2 aromatic rings. The molecule has 1 N–H and O–H groups in total. The fourth-order valence-electron chi connectivity index (χ4n) is 1.66. The lowest BCUT2D eigenvalue weighted by atomic mass is 10.2. The van der Waals surface area contributed by atoms with E-state index in [1.165, 1.54) is 18.4 Å². The number of anilines is 1. The van der Waals surface area contributed by atoms with Crippen LogP contribution in [0.25, 0.3) is 0 Å². The Morgan fingerprint density at radius 2 is 1.85 bits per heavy atom. The van der Waals surface area contributed by atoms with Crippen molar-refractivity contribution in [2.75, 3.05) is 5.32 Å². The maximum absolute atomic E-state index is 12.4. The maximum atomic E-state index is 12.4. The maximum Gasteiger partial charge on any atom is 0.416 e. The summed E-state index contributed by atoms with van der Waals surface area (Å²) in [6.07, 6.45) is -2.21. The van der Waals surface area contributed by atoms with Gasteiger partial charge < -0.3 is 9.73 Å². The molecule has 3 nitrogen and oxygen atoms in total. The first-order valence-electron chi connectivity index (χ1n) is 5.94. The van der Waals surface area contributed by atoms with Crippen molar-refractivity contribution in [1.29, 1.82) is 0 Å². The molecular weight excluding hydrogens is 271 g/mol. The van der Waals surface area contributed by atoms with Crippen molar-refractivity contribution in [2.45, 2.75) is 19.0 Å². The lowest BCUT2D eigenvalue weighted by molar-refractivity contribution is -0.137. The average Bonchev–Trinajstić information content (AvgIpc) is 2.89. The van der Waals surface area contributed by atoms with Gasteiger partial charge in [0.25, 0.3) is 0 Å². The number of furan rings is 1. The Bertz CT molecular complexity index is 559. The second-order valence-corrected chi connectivity index (χ2v) is 4.20. The molecule has 0 aliphatic heterocycles. The van der Waals surface area contributed by atoms with Gasteiger partial charge in [-0.25, -0.2) is 0 Å². The van der Waals surface area contributed by atoms with Crippen LogP contribution in [0.5, 0.6) is 0 Å². The van der Waals surface area contributed by atoms with E-state index in [0.717, 1.165) is 12.1 Å². The fraction of sp³-hybridized carbons (Fsp3) is 0.214. The number of carbonyl (C=O) groups is 1. The molecule has 0 atom stereocenters. The number of nitrogens with one attached hydrogen (secondary N) is 1. The van der Waals surface area contributed by atoms with Crippen molar-refractivity contribution in [1.82, 2.24) is 0 Å². The van der Waals surface area contributed by atoms with Gasteiger partial charge in [0.1, 0.15) is 5.76 Å². The highest BCUT2D eigenvalue weighted by molar-refractivity contribution is 5.90. The van der Waals surface area contributed by atoms with Crippen molar-refractivity contribution in [3.63, 3.8) is 0 Å². The summed E-state index contributed by atoms with van der Waals surface area (Å²) >= 11 is 0. The minimum atomic E-state index is -4.37. The zero-order valence-corrected chi connectivity index (χ0v) is 10.4. The standard InChI is InChI=1S/C14H12F3NO2/c15-14(16,17)10-3-5-11(6-4-10)18-13(19)8-7-12-2-1-9-20-12/h1-6,9H,7-8H2,(H,18,19). The van der Waals surface area contributed by atoms with Gasteiger partial charge in [-0.1, -0.05) is 0 Å². The molecule has 1 aromatic heterocycles. The van der Waals surface area contributed by atoms with Gasteiger partial charge in [-0.2, -0.15) is 13.2 Å². The van der Waals surface area contributed by atoms with E-state index in [0.29, 0.717) is 17.9 Å². The molecule has 0 saturated heterocycles. The van der Waals surface area contributed by atoms with Crippen LogP contribution < -0.4 is 5.32 Å². The largest absolute Gasteiger partial charge is 0.469 e. The Kier molecular flexibility index (Phi) is 4.12. The number of hydrogen-bond donors (Lipinski definition) is 1. The number of rotatable bonds is 4. The summed E-state index contributed by atoms with van der Waals surface area (Å²) in [5.74, 6) is 0.411. The summed E-state index contributed by atoms with van der Waals surface area (Å²) in [5, 5.41) is 2.54. The molecule has 0 bridgehead atoms. The third kappa shape index (κ3) is 3.88. The minimum absolute atomic E-state index is 0.203. The van der Waals surface area contributed by atoms with Crippen molar-refractivity contribution < 1.29 is 22.4 Å². The molecule has 106 valence electrons. The summed E-state index contributed by atoms with van der Waals surface area (Å²) in [4.78, 5) is 11.6. The summed E-state index contributed by atoms with van der Waals surface area (Å²) in [6, 6.07) is 7.81. The van der Waals surface area contributed by atoms with Crippen molar-refractivity contribution in [2.24, 2.45) is 0 Å². The fourth-order valence-corrected chi connectivity index (χ4v) is 1.66. The molecule has 1 amide bonds. The number of benzene rings is 1. The van der Waals surface area contributed by atoms with Gasteiger partial charge >= 0.3 is 6.18 Å². The van der Waals surface area contributed by atoms with Crippen LogP contribution in [-0.4, -0.2) is 5.91 Å². The van der Waals surface area contributed by atoms with E-state index in [9.17, 15) is 18.0 Å². The molecule has 0 saturated carbocycles. The topological polar surface area (TPSA) is 42.2 Å². The first-order valence-corrected chi connectivity index (χ1v) is 5.94. The molecule has 0 fully saturated rings. The zero-order chi connectivity index (χ0) is 14.6. The molecule has 1 aromatic carbocycles. The predicted octanol–water partition coefficient (Wildman–Crippen LogP) is 3.87. The molecular formula is C14H12F3NO2. The lowest BCUT2D eigenvalue weighted by Crippen LogP contribution is -2.12. The molecule has 6 heteroatoms. The average molecular weight is 283 g/mol. The highest BCUT2D eigenvalue weighted by Gasteiger charge is 2.29. The summed E-state index contributed by atoms with van der Waals surface area (Å²) in [7, 11) is 0. The molecule has 0 radical (unpaired) electrons. The quantitative estimate of drug-likeness (QED) is 0.925. The SMILES string of the molecule is O=C(CCc1ccco1)Nc1ccc(C(F)(F)F)cc1. The third-order valence-corrected chi connectivity index (χ3v) is 2.67. The zero-order valence-electron chi connectivity index (χ0n) is 10.4. The van der Waals surface area contributed by atoms with E-state index in [4.69, 9.17) is 4.42 Å². The first-order chi connectivity index (χ1) is 9.45. The van der Waals surface area contributed by atoms with E-state index in [1.807, 2.05) is 0 Å². The third-order valence-electron chi connectivity index (χ3n) is 2.67. The van der Waals surface area contributed by atoms with E-state index in [2.05, 4.69) is 5.32 Å². The van der Waals surface area contributed by atoms with Crippen LogP contribution in [0.2, 0.25) is 0 Å². The van der Waals surface area contributed by atoms with Crippen LogP contribution in [0.3, 0.4) is 0 Å². The number of halogens is 3. The highest BCUT2D eigenvalue weighted by atomic mass is 19.4. The Morgan fingerprint density at radius 1 is 1.15 bits per heavy atom. The van der Waals surface area contributed by atoms with Crippen LogP contribution in [0, 0.1) is 0 Å². The molecule has 20 heavy (non-hydrogen) atoms. The van der Waals surface area contributed by atoms with Gasteiger partial charge in [-0.15, -0.1) is 0 Å². The van der Waals surface area contributed by atoms with Gasteiger partial charge in [-0.05, 0) is 36.4 Å². The van der Waals surface area contributed by atoms with Gasteiger partial charge in [0, 0.05) is 18.5 Å². The van der Waals surface area contributed by atoms with Crippen LogP contribution >= 0.6 is 0 Å². The number of amides is 1. The molecule has 1 heterocycles. The van der Waals surface area contributed by atoms with Gasteiger partial charge in [0.05, 0.1) is 11.8 Å². The second kappa shape index (κ2) is 5.81. The van der Waals surface area contributed by atoms with Crippen LogP contribution in [0.4, 0.5) is 18.9 Å². The Morgan fingerprint density at radius 3 is 2.40 bits per heavy atom. The number of hydrogen-bond acceptors (Lipinski definition) is 2. The van der Waals surface area contributed by atoms with Gasteiger partial charge in [-0.3, -0.25) is 4.79 Å². The normalized spacial score (nSPS) is 11.3. The van der Waals surface area contributed by atoms with E-state index in [-0.39, 0.29) is 12.3 Å². The van der Waals surface area contributed by atoms with Crippen LogP contribution in [0.15, 0.2) is 47.1 Å². The Balaban J connectivity index is 1.88. The Hall–Kier alpha value is -2.24. The lowest BCUT2D eigenvalue weighted by Gasteiger charge is -2.08. The molecule has 2 rings (SSSR count). The number of alkyl halides is 3. The van der Waals surface area contributed by atoms with E-state index in [1.54, 1.807) is 12.1 Å². The molecule has 0 spiro atoms. The van der Waals surface area contributed by atoms with Gasteiger partial charge in [0.15, 0.2) is 0 Å². The van der Waals surface area contributed by atoms with Crippen molar-refractivity contribution >= 4 is 11.6 Å². The smallest absolute Gasteiger partial charge is 0.416 e. The van der Waals surface area contributed by atoms with Gasteiger partial charge in [0.2, 0.25) is 5.91 Å². The monoisotopic (exact) mass is 283 g/mol. The second-order valence-electron chi connectivity index (χ2n) is 4.20.